The summed E-state index contributed by atoms with van der Waals surface area (Å²) in [5.74, 6) is 3.45. The van der Waals surface area contributed by atoms with Gasteiger partial charge in [-0.05, 0) is 32.4 Å². The van der Waals surface area contributed by atoms with E-state index in [-0.39, 0.29) is 0 Å². The molecule has 2 nitrogen and oxygen atoms in total. The summed E-state index contributed by atoms with van der Waals surface area (Å²) < 4.78 is 0. The first-order valence-corrected chi connectivity index (χ1v) is 8.82. The molecule has 0 aromatic carbocycles. The van der Waals surface area contributed by atoms with Crippen molar-refractivity contribution in [2.75, 3.05) is 31.6 Å². The number of rotatable bonds is 8. The summed E-state index contributed by atoms with van der Waals surface area (Å²) in [7, 11) is 2.30. The van der Waals surface area contributed by atoms with Gasteiger partial charge in [-0.1, -0.05) is 33.6 Å². The maximum absolute atomic E-state index is 3.79. The van der Waals surface area contributed by atoms with Crippen LogP contribution in [0.4, 0.5) is 0 Å². The SMILES string of the molecule is CCCNC(CCCC(C)C)C1CSCCN1C. The highest BCUT2D eigenvalue weighted by molar-refractivity contribution is 7.99. The molecule has 1 aliphatic rings. The highest BCUT2D eigenvalue weighted by atomic mass is 32.2. The molecule has 0 saturated carbocycles. The summed E-state index contributed by atoms with van der Waals surface area (Å²) in [6.45, 7) is 9.34. The summed E-state index contributed by atoms with van der Waals surface area (Å²) in [4.78, 5) is 2.57. The van der Waals surface area contributed by atoms with E-state index in [1.165, 1.54) is 50.3 Å². The lowest BCUT2D eigenvalue weighted by Gasteiger charge is -2.38. The molecule has 18 heavy (non-hydrogen) atoms. The van der Waals surface area contributed by atoms with Crippen LogP contribution in [0.3, 0.4) is 0 Å². The van der Waals surface area contributed by atoms with Crippen LogP contribution in [-0.4, -0.2) is 48.6 Å². The van der Waals surface area contributed by atoms with Crippen LogP contribution in [0.15, 0.2) is 0 Å². The summed E-state index contributed by atoms with van der Waals surface area (Å²) in [6, 6.07) is 1.43. The second-order valence-corrected chi connectivity index (χ2v) is 7.16. The summed E-state index contributed by atoms with van der Waals surface area (Å²) >= 11 is 2.13. The predicted molar refractivity (Wildman–Crippen MR) is 84.5 cm³/mol. The van der Waals surface area contributed by atoms with Gasteiger partial charge < -0.3 is 10.2 Å². The van der Waals surface area contributed by atoms with E-state index < -0.39 is 0 Å². The Morgan fingerprint density at radius 3 is 2.72 bits per heavy atom. The molecule has 0 spiro atoms. The molecule has 0 aliphatic carbocycles. The van der Waals surface area contributed by atoms with Crippen LogP contribution in [0.5, 0.6) is 0 Å². The van der Waals surface area contributed by atoms with E-state index in [1.807, 2.05) is 0 Å². The molecule has 0 bridgehead atoms. The van der Waals surface area contributed by atoms with Gasteiger partial charge in [-0.3, -0.25) is 0 Å². The Morgan fingerprint density at radius 2 is 2.11 bits per heavy atom. The molecule has 1 fully saturated rings. The smallest absolute Gasteiger partial charge is 0.0337 e. The zero-order chi connectivity index (χ0) is 13.4. The van der Waals surface area contributed by atoms with Crippen LogP contribution in [0.25, 0.3) is 0 Å². The average molecular weight is 273 g/mol. The normalized spacial score (nSPS) is 23.5. The molecule has 0 aromatic rings. The molecule has 1 N–H and O–H groups in total. The van der Waals surface area contributed by atoms with Gasteiger partial charge in [-0.15, -0.1) is 0 Å². The minimum atomic E-state index is 0.696. The topological polar surface area (TPSA) is 15.3 Å². The quantitative estimate of drug-likeness (QED) is 0.730. The first-order valence-electron chi connectivity index (χ1n) is 7.66. The second kappa shape index (κ2) is 9.22. The van der Waals surface area contributed by atoms with Gasteiger partial charge in [-0.2, -0.15) is 11.8 Å². The Bertz CT molecular complexity index is 209. The molecule has 1 aliphatic heterocycles. The molecule has 2 atom stereocenters. The maximum Gasteiger partial charge on any atom is 0.0337 e. The molecule has 2 unspecified atom stereocenters. The van der Waals surface area contributed by atoms with E-state index in [4.69, 9.17) is 0 Å². The van der Waals surface area contributed by atoms with E-state index >= 15 is 0 Å². The van der Waals surface area contributed by atoms with E-state index in [9.17, 15) is 0 Å². The number of hydrogen-bond donors (Lipinski definition) is 1. The monoisotopic (exact) mass is 272 g/mol. The Morgan fingerprint density at radius 1 is 1.33 bits per heavy atom. The molecule has 3 heteroatoms. The summed E-state index contributed by atoms with van der Waals surface area (Å²) in [6.07, 6.45) is 5.32. The van der Waals surface area contributed by atoms with Crippen molar-refractivity contribution in [3.63, 3.8) is 0 Å². The van der Waals surface area contributed by atoms with Crippen LogP contribution in [0.2, 0.25) is 0 Å². The van der Waals surface area contributed by atoms with Crippen molar-refractivity contribution in [2.24, 2.45) is 5.92 Å². The van der Waals surface area contributed by atoms with Gasteiger partial charge in [0.25, 0.3) is 0 Å². The van der Waals surface area contributed by atoms with Gasteiger partial charge in [0.2, 0.25) is 0 Å². The Hall–Kier alpha value is 0.270. The van der Waals surface area contributed by atoms with Crippen molar-refractivity contribution in [1.29, 1.82) is 0 Å². The number of hydrogen-bond acceptors (Lipinski definition) is 3. The Labute approximate surface area is 118 Å². The number of nitrogens with one attached hydrogen (secondary N) is 1. The lowest BCUT2D eigenvalue weighted by Crippen LogP contribution is -2.52. The summed E-state index contributed by atoms with van der Waals surface area (Å²) in [5, 5.41) is 3.79. The van der Waals surface area contributed by atoms with Crippen molar-refractivity contribution in [3.8, 4) is 0 Å². The fourth-order valence-corrected chi connectivity index (χ4v) is 3.95. The zero-order valence-corrected chi connectivity index (χ0v) is 13.6. The van der Waals surface area contributed by atoms with Crippen molar-refractivity contribution < 1.29 is 0 Å². The molecule has 0 amide bonds. The third-order valence-corrected chi connectivity index (χ3v) is 4.91. The lowest BCUT2D eigenvalue weighted by atomic mass is 9.98. The van der Waals surface area contributed by atoms with Gasteiger partial charge in [0.15, 0.2) is 0 Å². The maximum atomic E-state index is 3.79. The predicted octanol–water partition coefficient (Wildman–Crippen LogP) is 3.23. The minimum absolute atomic E-state index is 0.696. The molecular formula is C15H32N2S. The highest BCUT2D eigenvalue weighted by Crippen LogP contribution is 2.21. The van der Waals surface area contributed by atoms with Gasteiger partial charge >= 0.3 is 0 Å². The fraction of sp³-hybridized carbons (Fsp3) is 1.00. The van der Waals surface area contributed by atoms with Gasteiger partial charge in [-0.25, -0.2) is 0 Å². The lowest BCUT2D eigenvalue weighted by molar-refractivity contribution is 0.204. The highest BCUT2D eigenvalue weighted by Gasteiger charge is 2.27. The molecule has 0 aromatic heterocycles. The first-order chi connectivity index (χ1) is 8.65. The van der Waals surface area contributed by atoms with Crippen LogP contribution in [0, 0.1) is 5.92 Å². The van der Waals surface area contributed by atoms with E-state index in [1.54, 1.807) is 0 Å². The fourth-order valence-electron chi connectivity index (χ4n) is 2.64. The van der Waals surface area contributed by atoms with Crippen LogP contribution < -0.4 is 5.32 Å². The molecule has 108 valence electrons. The molecule has 1 rings (SSSR count). The number of nitrogens with zero attached hydrogens (tertiary/aromatic N) is 1. The molecule has 1 heterocycles. The van der Waals surface area contributed by atoms with E-state index in [0.717, 1.165) is 12.0 Å². The molecule has 1 saturated heterocycles. The van der Waals surface area contributed by atoms with Crippen molar-refractivity contribution in [2.45, 2.75) is 58.5 Å². The van der Waals surface area contributed by atoms with Crippen LogP contribution in [-0.2, 0) is 0 Å². The third-order valence-electron chi connectivity index (χ3n) is 3.86. The van der Waals surface area contributed by atoms with Crippen molar-refractivity contribution >= 4 is 11.8 Å². The average Bonchev–Trinajstić information content (AvgIpc) is 2.34. The van der Waals surface area contributed by atoms with Gasteiger partial charge in [0.05, 0.1) is 0 Å². The first kappa shape index (κ1) is 16.3. The number of thioether (sulfide) groups is 1. The molecule has 0 radical (unpaired) electrons. The zero-order valence-electron chi connectivity index (χ0n) is 12.7. The summed E-state index contributed by atoms with van der Waals surface area (Å²) in [5.41, 5.74) is 0. The standard InChI is InChI=1S/C15H32N2S/c1-5-9-16-14(8-6-7-13(2)3)15-12-18-11-10-17(15)4/h13-16H,5-12H2,1-4H3. The van der Waals surface area contributed by atoms with E-state index in [2.05, 4.69) is 49.8 Å². The largest absolute Gasteiger partial charge is 0.312 e. The molecular weight excluding hydrogens is 240 g/mol. The van der Waals surface area contributed by atoms with Crippen molar-refractivity contribution in [3.05, 3.63) is 0 Å². The minimum Gasteiger partial charge on any atom is -0.312 e. The van der Waals surface area contributed by atoms with E-state index in [0.29, 0.717) is 6.04 Å². The number of likely N-dealkylation sites (N-methyl/N-ethyl adjacent to an activating group) is 1. The van der Waals surface area contributed by atoms with Gasteiger partial charge in [0.1, 0.15) is 0 Å². The van der Waals surface area contributed by atoms with Crippen molar-refractivity contribution in [1.82, 2.24) is 10.2 Å². The Balaban J connectivity index is 2.42. The van der Waals surface area contributed by atoms with Crippen LogP contribution in [0.1, 0.15) is 46.5 Å². The van der Waals surface area contributed by atoms with Crippen LogP contribution >= 0.6 is 11.8 Å². The third kappa shape index (κ3) is 5.94. The Kier molecular flexibility index (Phi) is 8.36. The van der Waals surface area contributed by atoms with Gasteiger partial charge in [0, 0.05) is 30.1 Å². The second-order valence-electron chi connectivity index (χ2n) is 6.01.